The second-order valence-corrected chi connectivity index (χ2v) is 4.04. The number of benzene rings is 2. The van der Waals surface area contributed by atoms with Crippen LogP contribution in [0.2, 0.25) is 5.02 Å². The summed E-state index contributed by atoms with van der Waals surface area (Å²) in [5, 5.41) is 10.6. The number of hydrogen-bond acceptors (Lipinski definition) is 4. The van der Waals surface area contributed by atoms with Crippen molar-refractivity contribution < 1.29 is 14.1 Å². The number of rotatable bonds is 3. The maximum Gasteiger partial charge on any atom is 0.314 e. The smallest absolute Gasteiger partial charge is 0.314 e. The zero-order valence-electron chi connectivity index (χ0n) is 9.47. The fraction of sp³-hybridized carbons (Fsp3) is 0. The molecule has 0 saturated carbocycles. The second kappa shape index (κ2) is 5.11. The first-order valence-electron chi connectivity index (χ1n) is 5.15. The van der Waals surface area contributed by atoms with Crippen LogP contribution in [0.3, 0.4) is 0 Å². The standard InChI is InChI=1S/C12H8ClFN2O3/c13-7-5-12(10(16(17)18)6-8(7)14)19-11-4-2-1-3-9(11)15/h1-6H,15H2. The lowest BCUT2D eigenvalue weighted by Gasteiger charge is -2.09. The Kier molecular flexibility index (Phi) is 3.52. The number of anilines is 1. The van der Waals surface area contributed by atoms with Crippen LogP contribution in [0.15, 0.2) is 36.4 Å². The van der Waals surface area contributed by atoms with Crippen LogP contribution in [-0.2, 0) is 0 Å². The summed E-state index contributed by atoms with van der Waals surface area (Å²) in [5.41, 5.74) is 5.44. The van der Waals surface area contributed by atoms with Crippen LogP contribution < -0.4 is 10.5 Å². The van der Waals surface area contributed by atoms with Gasteiger partial charge in [0.15, 0.2) is 5.75 Å². The van der Waals surface area contributed by atoms with Crippen molar-refractivity contribution in [3.63, 3.8) is 0 Å². The van der Waals surface area contributed by atoms with Crippen molar-refractivity contribution in [2.24, 2.45) is 0 Å². The normalized spacial score (nSPS) is 10.2. The molecule has 0 spiro atoms. The van der Waals surface area contributed by atoms with Crippen LogP contribution in [0.25, 0.3) is 0 Å². The molecule has 7 heteroatoms. The van der Waals surface area contributed by atoms with Gasteiger partial charge in [-0.1, -0.05) is 23.7 Å². The number of nitrogen functional groups attached to an aromatic ring is 1. The van der Waals surface area contributed by atoms with E-state index in [9.17, 15) is 14.5 Å². The molecule has 0 unspecified atom stereocenters. The Bertz CT molecular complexity index is 649. The van der Waals surface area contributed by atoms with E-state index >= 15 is 0 Å². The van der Waals surface area contributed by atoms with Crippen molar-refractivity contribution >= 4 is 23.0 Å². The van der Waals surface area contributed by atoms with Gasteiger partial charge in [-0.3, -0.25) is 10.1 Å². The van der Waals surface area contributed by atoms with Gasteiger partial charge in [-0.05, 0) is 12.1 Å². The SMILES string of the molecule is Nc1ccccc1Oc1cc(Cl)c(F)cc1[N+](=O)[O-]. The lowest BCUT2D eigenvalue weighted by molar-refractivity contribution is -0.385. The maximum atomic E-state index is 13.2. The number of nitrogens with zero attached hydrogens (tertiary/aromatic N) is 1. The van der Waals surface area contributed by atoms with E-state index in [-0.39, 0.29) is 16.5 Å². The highest BCUT2D eigenvalue weighted by molar-refractivity contribution is 6.31. The van der Waals surface area contributed by atoms with Crippen LogP contribution in [-0.4, -0.2) is 4.92 Å². The molecule has 0 aromatic heterocycles. The van der Waals surface area contributed by atoms with Gasteiger partial charge in [-0.2, -0.15) is 0 Å². The molecule has 0 amide bonds. The number of nitrogens with two attached hydrogens (primary N) is 1. The van der Waals surface area contributed by atoms with Crippen LogP contribution in [0, 0.1) is 15.9 Å². The Morgan fingerprint density at radius 2 is 1.95 bits per heavy atom. The highest BCUT2D eigenvalue weighted by atomic mass is 35.5. The van der Waals surface area contributed by atoms with E-state index < -0.39 is 16.4 Å². The Morgan fingerprint density at radius 1 is 1.26 bits per heavy atom. The van der Waals surface area contributed by atoms with Gasteiger partial charge in [0.05, 0.1) is 21.7 Å². The highest BCUT2D eigenvalue weighted by Gasteiger charge is 2.20. The summed E-state index contributed by atoms with van der Waals surface area (Å²) in [7, 11) is 0. The number of hydrogen-bond donors (Lipinski definition) is 1. The molecule has 2 aromatic carbocycles. The van der Waals surface area contributed by atoms with Crippen LogP contribution in [0.1, 0.15) is 0 Å². The van der Waals surface area contributed by atoms with Crippen molar-refractivity contribution in [1.82, 2.24) is 0 Å². The first kappa shape index (κ1) is 13.1. The molecule has 0 aliphatic rings. The zero-order chi connectivity index (χ0) is 14.0. The summed E-state index contributed by atoms with van der Waals surface area (Å²) in [6, 6.07) is 8.21. The van der Waals surface area contributed by atoms with Gasteiger partial charge < -0.3 is 10.5 Å². The van der Waals surface area contributed by atoms with Crippen molar-refractivity contribution in [1.29, 1.82) is 0 Å². The molecule has 0 radical (unpaired) electrons. The predicted octanol–water partition coefficient (Wildman–Crippen LogP) is 3.76. The van der Waals surface area contributed by atoms with Gasteiger partial charge in [0.1, 0.15) is 5.82 Å². The molecule has 2 aromatic rings. The Labute approximate surface area is 112 Å². The summed E-state index contributed by atoms with van der Waals surface area (Å²) in [5.74, 6) is -0.829. The second-order valence-electron chi connectivity index (χ2n) is 3.63. The molecule has 2 N–H and O–H groups in total. The largest absolute Gasteiger partial charge is 0.448 e. The van der Waals surface area contributed by atoms with E-state index in [0.29, 0.717) is 11.8 Å². The molecule has 0 atom stereocenters. The maximum absolute atomic E-state index is 13.2. The van der Waals surface area contributed by atoms with E-state index in [4.69, 9.17) is 22.1 Å². The Morgan fingerprint density at radius 3 is 2.58 bits per heavy atom. The van der Waals surface area contributed by atoms with Crippen LogP contribution >= 0.6 is 11.6 Å². The third kappa shape index (κ3) is 2.74. The van der Waals surface area contributed by atoms with Gasteiger partial charge in [0, 0.05) is 6.07 Å². The molecular weight excluding hydrogens is 275 g/mol. The minimum absolute atomic E-state index is 0.172. The summed E-state index contributed by atoms with van der Waals surface area (Å²) in [4.78, 5) is 10.1. The van der Waals surface area contributed by atoms with E-state index in [2.05, 4.69) is 0 Å². The Hall–Kier alpha value is -2.34. The molecule has 98 valence electrons. The van der Waals surface area contributed by atoms with Crippen LogP contribution in [0.4, 0.5) is 15.8 Å². The Balaban J connectivity index is 2.48. The highest BCUT2D eigenvalue weighted by Crippen LogP contribution is 2.36. The molecular formula is C12H8ClFN2O3. The van der Waals surface area contributed by atoms with Crippen molar-refractivity contribution in [3.8, 4) is 11.5 Å². The number of ether oxygens (including phenoxy) is 1. The fourth-order valence-corrected chi connectivity index (χ4v) is 1.59. The first-order chi connectivity index (χ1) is 8.99. The molecule has 5 nitrogen and oxygen atoms in total. The third-order valence-electron chi connectivity index (χ3n) is 2.34. The molecule has 0 fully saturated rings. The molecule has 19 heavy (non-hydrogen) atoms. The van der Waals surface area contributed by atoms with Gasteiger partial charge in [0.2, 0.25) is 5.75 Å². The topological polar surface area (TPSA) is 78.4 Å². The molecule has 0 saturated heterocycles. The van der Waals surface area contributed by atoms with E-state index in [1.165, 1.54) is 6.07 Å². The van der Waals surface area contributed by atoms with Crippen molar-refractivity contribution in [3.05, 3.63) is 57.4 Å². The average Bonchev–Trinajstić information content (AvgIpc) is 2.36. The van der Waals surface area contributed by atoms with Gasteiger partial charge >= 0.3 is 5.69 Å². The van der Waals surface area contributed by atoms with E-state index in [0.717, 1.165) is 6.07 Å². The fourth-order valence-electron chi connectivity index (χ4n) is 1.43. The zero-order valence-corrected chi connectivity index (χ0v) is 10.2. The van der Waals surface area contributed by atoms with E-state index in [1.54, 1.807) is 18.2 Å². The lowest BCUT2D eigenvalue weighted by Crippen LogP contribution is -1.97. The minimum atomic E-state index is -0.887. The monoisotopic (exact) mass is 282 g/mol. The molecule has 2 rings (SSSR count). The third-order valence-corrected chi connectivity index (χ3v) is 2.63. The number of nitro groups is 1. The number of para-hydroxylation sites is 2. The summed E-state index contributed by atoms with van der Waals surface area (Å²) >= 11 is 5.59. The summed E-state index contributed by atoms with van der Waals surface area (Å²) in [6.45, 7) is 0. The van der Waals surface area contributed by atoms with Crippen molar-refractivity contribution in [2.75, 3.05) is 5.73 Å². The quantitative estimate of drug-likeness (QED) is 0.528. The van der Waals surface area contributed by atoms with Crippen LogP contribution in [0.5, 0.6) is 11.5 Å². The van der Waals surface area contributed by atoms with Gasteiger partial charge in [0.25, 0.3) is 0 Å². The molecule has 0 bridgehead atoms. The number of nitro benzene ring substituents is 1. The molecule has 0 aliphatic heterocycles. The average molecular weight is 283 g/mol. The molecule has 0 heterocycles. The number of halogens is 2. The molecule has 0 aliphatic carbocycles. The van der Waals surface area contributed by atoms with Gasteiger partial charge in [-0.25, -0.2) is 4.39 Å². The minimum Gasteiger partial charge on any atom is -0.448 e. The van der Waals surface area contributed by atoms with E-state index in [1.807, 2.05) is 0 Å². The van der Waals surface area contributed by atoms with Gasteiger partial charge in [-0.15, -0.1) is 0 Å². The summed E-state index contributed by atoms with van der Waals surface area (Å²) < 4.78 is 18.5. The van der Waals surface area contributed by atoms with Crippen molar-refractivity contribution in [2.45, 2.75) is 0 Å². The first-order valence-corrected chi connectivity index (χ1v) is 5.52. The lowest BCUT2D eigenvalue weighted by atomic mass is 10.2. The predicted molar refractivity (Wildman–Crippen MR) is 69.0 cm³/mol. The summed E-state index contributed by atoms with van der Waals surface area (Å²) in [6.07, 6.45) is 0.